The molecule has 0 heterocycles. The summed E-state index contributed by atoms with van der Waals surface area (Å²) in [6, 6.07) is 0. The van der Waals surface area contributed by atoms with Gasteiger partial charge in [-0.05, 0) is 12.8 Å². The van der Waals surface area contributed by atoms with Crippen molar-refractivity contribution in [3.63, 3.8) is 0 Å². The van der Waals surface area contributed by atoms with Gasteiger partial charge in [0.05, 0.1) is 7.11 Å². The van der Waals surface area contributed by atoms with Gasteiger partial charge in [0.2, 0.25) is 0 Å². The van der Waals surface area contributed by atoms with Crippen molar-refractivity contribution < 1.29 is 9.88 Å². The Bertz CT molecular complexity index is 132. The number of rotatable bonds is 3. The molecule has 1 aliphatic rings. The molecule has 10 heavy (non-hydrogen) atoms. The molecule has 1 fully saturated rings. The maximum absolute atomic E-state index is 4.51. The first-order chi connectivity index (χ1) is 4.88. The van der Waals surface area contributed by atoms with Gasteiger partial charge in [0.15, 0.2) is 0 Å². The van der Waals surface area contributed by atoms with Gasteiger partial charge >= 0.3 is 0 Å². The summed E-state index contributed by atoms with van der Waals surface area (Å²) in [4.78, 5) is 12.9. The summed E-state index contributed by atoms with van der Waals surface area (Å²) in [6.45, 7) is 0. The summed E-state index contributed by atoms with van der Waals surface area (Å²) < 4.78 is 0. The lowest BCUT2D eigenvalue weighted by atomic mass is 10.4. The molecule has 0 bridgehead atoms. The van der Waals surface area contributed by atoms with E-state index in [0.717, 1.165) is 5.84 Å². The molecule has 0 amide bonds. The molecule has 1 saturated carbocycles. The van der Waals surface area contributed by atoms with Gasteiger partial charge in [0, 0.05) is 13.0 Å². The van der Waals surface area contributed by atoms with Gasteiger partial charge in [0.1, 0.15) is 5.84 Å². The van der Waals surface area contributed by atoms with Crippen molar-refractivity contribution in [1.29, 1.82) is 0 Å². The SMILES string of the molecule is CN=C(NOOC)C1CC1. The fourth-order valence-corrected chi connectivity index (χ4v) is 0.753. The predicted molar refractivity (Wildman–Crippen MR) is 37.3 cm³/mol. The third-order valence-electron chi connectivity index (χ3n) is 1.43. The van der Waals surface area contributed by atoms with E-state index < -0.39 is 0 Å². The lowest BCUT2D eigenvalue weighted by molar-refractivity contribution is -0.301. The molecule has 0 radical (unpaired) electrons. The molecule has 58 valence electrons. The van der Waals surface area contributed by atoms with Crippen molar-refractivity contribution in [3.05, 3.63) is 0 Å². The second-order valence-corrected chi connectivity index (χ2v) is 2.24. The van der Waals surface area contributed by atoms with Crippen LogP contribution < -0.4 is 5.48 Å². The summed E-state index contributed by atoms with van der Waals surface area (Å²) in [7, 11) is 3.19. The summed E-state index contributed by atoms with van der Waals surface area (Å²) >= 11 is 0. The van der Waals surface area contributed by atoms with E-state index in [1.54, 1.807) is 7.05 Å². The molecule has 1 rings (SSSR count). The molecule has 0 aromatic carbocycles. The number of nitrogens with one attached hydrogen (secondary N) is 1. The van der Waals surface area contributed by atoms with Crippen LogP contribution in [-0.2, 0) is 9.88 Å². The molecule has 0 unspecified atom stereocenters. The van der Waals surface area contributed by atoms with Crippen molar-refractivity contribution in [2.45, 2.75) is 12.8 Å². The first kappa shape index (κ1) is 7.50. The highest BCUT2D eigenvalue weighted by molar-refractivity contribution is 5.85. The number of aliphatic imine (C=N–C) groups is 1. The second kappa shape index (κ2) is 3.53. The molecule has 4 heteroatoms. The summed E-state index contributed by atoms with van der Waals surface area (Å²) in [5.41, 5.74) is 2.61. The fourth-order valence-electron chi connectivity index (χ4n) is 0.753. The van der Waals surface area contributed by atoms with Crippen LogP contribution in [0.5, 0.6) is 0 Å². The first-order valence-corrected chi connectivity index (χ1v) is 3.31. The van der Waals surface area contributed by atoms with Crippen LogP contribution in [0.4, 0.5) is 0 Å². The number of hydroxylamine groups is 1. The Hall–Kier alpha value is -0.610. The number of hydrogen-bond acceptors (Lipinski definition) is 3. The van der Waals surface area contributed by atoms with Crippen LogP contribution in [0.15, 0.2) is 4.99 Å². The molecule has 4 nitrogen and oxygen atoms in total. The van der Waals surface area contributed by atoms with E-state index in [2.05, 4.69) is 20.3 Å². The van der Waals surface area contributed by atoms with Crippen LogP contribution in [0, 0.1) is 5.92 Å². The quantitative estimate of drug-likeness (QED) is 0.271. The third-order valence-corrected chi connectivity index (χ3v) is 1.43. The van der Waals surface area contributed by atoms with Gasteiger partial charge in [-0.3, -0.25) is 4.99 Å². The van der Waals surface area contributed by atoms with Crippen LogP contribution in [0.3, 0.4) is 0 Å². The Labute approximate surface area is 60.1 Å². The number of hydrogen-bond donors (Lipinski definition) is 1. The van der Waals surface area contributed by atoms with Crippen LogP contribution >= 0.6 is 0 Å². The Morgan fingerprint density at radius 1 is 1.60 bits per heavy atom. The normalized spacial score (nSPS) is 19.2. The average molecular weight is 144 g/mol. The second-order valence-electron chi connectivity index (χ2n) is 2.24. The van der Waals surface area contributed by atoms with Crippen LogP contribution in [0.25, 0.3) is 0 Å². The van der Waals surface area contributed by atoms with Crippen LogP contribution in [0.1, 0.15) is 12.8 Å². The lowest BCUT2D eigenvalue weighted by Gasteiger charge is -2.03. The molecule has 1 aliphatic carbocycles. The van der Waals surface area contributed by atoms with Gasteiger partial charge in [-0.2, -0.15) is 0 Å². The maximum atomic E-state index is 4.51. The van der Waals surface area contributed by atoms with Gasteiger partial charge in [-0.1, -0.05) is 0 Å². The van der Waals surface area contributed by atoms with E-state index in [-0.39, 0.29) is 0 Å². The minimum atomic E-state index is 0.570. The van der Waals surface area contributed by atoms with Crippen molar-refractivity contribution in [1.82, 2.24) is 5.48 Å². The van der Waals surface area contributed by atoms with E-state index in [0.29, 0.717) is 5.92 Å². The Morgan fingerprint density at radius 3 is 2.70 bits per heavy atom. The van der Waals surface area contributed by atoms with Gasteiger partial charge in [-0.25, -0.2) is 10.4 Å². The van der Waals surface area contributed by atoms with E-state index >= 15 is 0 Å². The maximum Gasteiger partial charge on any atom is 0.126 e. The summed E-state index contributed by atoms with van der Waals surface area (Å²) in [5.74, 6) is 1.45. The van der Waals surface area contributed by atoms with Crippen molar-refractivity contribution in [2.24, 2.45) is 10.9 Å². The first-order valence-electron chi connectivity index (χ1n) is 3.31. The predicted octanol–water partition coefficient (Wildman–Crippen LogP) is 0.507. The zero-order valence-corrected chi connectivity index (χ0v) is 6.26. The molecule has 1 N–H and O–H groups in total. The summed E-state index contributed by atoms with van der Waals surface area (Å²) in [6.07, 6.45) is 2.40. The summed E-state index contributed by atoms with van der Waals surface area (Å²) in [5, 5.41) is 0. The number of nitrogens with zero attached hydrogens (tertiary/aromatic N) is 1. The largest absolute Gasteiger partial charge is 0.274 e. The Kier molecular flexibility index (Phi) is 2.65. The van der Waals surface area contributed by atoms with Crippen LogP contribution in [-0.4, -0.2) is 20.0 Å². The van der Waals surface area contributed by atoms with E-state index in [4.69, 9.17) is 0 Å². The van der Waals surface area contributed by atoms with Crippen molar-refractivity contribution >= 4 is 5.84 Å². The Morgan fingerprint density at radius 2 is 2.30 bits per heavy atom. The standard InChI is InChI=1S/C6H12N2O2/c1-7-6(5-3-4-5)8-10-9-2/h5H,3-4H2,1-2H3,(H,7,8). The Balaban J connectivity index is 2.20. The molecule has 0 aliphatic heterocycles. The van der Waals surface area contributed by atoms with E-state index in [1.165, 1.54) is 20.0 Å². The molecule has 0 saturated heterocycles. The van der Waals surface area contributed by atoms with E-state index in [1.807, 2.05) is 0 Å². The van der Waals surface area contributed by atoms with Crippen molar-refractivity contribution in [3.8, 4) is 0 Å². The zero-order chi connectivity index (χ0) is 7.40. The molecule has 0 spiro atoms. The highest BCUT2D eigenvalue weighted by atomic mass is 17.3. The van der Waals surface area contributed by atoms with Gasteiger partial charge < -0.3 is 0 Å². The monoisotopic (exact) mass is 144 g/mol. The molecule has 0 aromatic rings. The molecule has 0 atom stereocenters. The van der Waals surface area contributed by atoms with Gasteiger partial charge in [-0.15, -0.1) is 4.99 Å². The zero-order valence-electron chi connectivity index (χ0n) is 6.26. The smallest absolute Gasteiger partial charge is 0.126 e. The van der Waals surface area contributed by atoms with Crippen molar-refractivity contribution in [2.75, 3.05) is 14.2 Å². The topological polar surface area (TPSA) is 42.9 Å². The highest BCUT2D eigenvalue weighted by Gasteiger charge is 2.27. The molecular weight excluding hydrogens is 132 g/mol. The van der Waals surface area contributed by atoms with E-state index in [9.17, 15) is 0 Å². The number of amidine groups is 1. The minimum absolute atomic E-state index is 0.570. The van der Waals surface area contributed by atoms with Gasteiger partial charge in [0.25, 0.3) is 0 Å². The average Bonchev–Trinajstić information content (AvgIpc) is 2.73. The minimum Gasteiger partial charge on any atom is -0.274 e. The third kappa shape index (κ3) is 1.97. The molecule has 0 aromatic heterocycles. The fraction of sp³-hybridized carbons (Fsp3) is 0.833. The van der Waals surface area contributed by atoms with Crippen LogP contribution in [0.2, 0.25) is 0 Å². The highest BCUT2D eigenvalue weighted by Crippen LogP contribution is 2.29. The lowest BCUT2D eigenvalue weighted by Crippen LogP contribution is -2.24. The molecular formula is C6H12N2O2.